The number of anilines is 1. The molecule has 2 heterocycles. The number of aliphatic hydroxyl groups excluding tert-OH is 1. The van der Waals surface area contributed by atoms with Gasteiger partial charge in [-0.2, -0.15) is 0 Å². The normalized spacial score (nSPS) is 19.8. The Bertz CT molecular complexity index is 491. The summed E-state index contributed by atoms with van der Waals surface area (Å²) < 4.78 is 10.6. The van der Waals surface area contributed by atoms with Gasteiger partial charge in [0, 0.05) is 5.69 Å². The minimum absolute atomic E-state index is 0.182. The highest BCUT2D eigenvalue weighted by atomic mass is 16.5. The van der Waals surface area contributed by atoms with E-state index in [1.165, 1.54) is 0 Å². The second-order valence-electron chi connectivity index (χ2n) is 5.16. The van der Waals surface area contributed by atoms with Gasteiger partial charge in [0.25, 0.3) is 0 Å². The van der Waals surface area contributed by atoms with E-state index in [-0.39, 0.29) is 25.7 Å². The number of hydrogen-bond acceptors (Lipinski definition) is 4. The van der Waals surface area contributed by atoms with Crippen molar-refractivity contribution in [2.45, 2.75) is 12.8 Å². The van der Waals surface area contributed by atoms with Crippen molar-refractivity contribution in [1.82, 2.24) is 0 Å². The lowest BCUT2D eigenvalue weighted by Crippen LogP contribution is -2.54. The van der Waals surface area contributed by atoms with E-state index in [0.29, 0.717) is 0 Å². The zero-order valence-electron chi connectivity index (χ0n) is 10.6. The van der Waals surface area contributed by atoms with Gasteiger partial charge in [0.05, 0.1) is 26.4 Å². The molecule has 1 saturated heterocycles. The lowest BCUT2D eigenvalue weighted by Gasteiger charge is -2.38. The number of aliphatic hydroxyl groups is 1. The van der Waals surface area contributed by atoms with Gasteiger partial charge in [-0.1, -0.05) is 0 Å². The summed E-state index contributed by atoms with van der Waals surface area (Å²) in [6.07, 6.45) is 1.96. The highest BCUT2D eigenvalue weighted by Gasteiger charge is 2.45. The maximum Gasteiger partial charge on any atom is 0.237 e. The molecule has 0 bridgehead atoms. The summed E-state index contributed by atoms with van der Waals surface area (Å²) >= 11 is 0. The molecule has 1 aromatic rings. The van der Waals surface area contributed by atoms with Gasteiger partial charge in [-0.15, -0.1) is 0 Å². The third-order valence-corrected chi connectivity index (χ3v) is 3.71. The number of rotatable bonds is 3. The Kier molecular flexibility index (Phi) is 3.16. The number of aryl methyl sites for hydroxylation is 1. The van der Waals surface area contributed by atoms with Gasteiger partial charge < -0.3 is 19.9 Å². The number of ether oxygens (including phenoxy) is 2. The molecule has 5 heteroatoms. The zero-order chi connectivity index (χ0) is 13.3. The maximum absolute atomic E-state index is 12.1. The monoisotopic (exact) mass is 263 g/mol. The number of fused-ring (bicyclic) bond motifs is 1. The fraction of sp³-hybridized carbons (Fsp3) is 0.500. The van der Waals surface area contributed by atoms with E-state index < -0.39 is 5.41 Å². The molecule has 102 valence electrons. The fourth-order valence-electron chi connectivity index (χ4n) is 2.34. The molecular formula is C14H17NO4. The van der Waals surface area contributed by atoms with Crippen molar-refractivity contribution in [2.75, 3.05) is 31.7 Å². The Morgan fingerprint density at radius 2 is 2.26 bits per heavy atom. The van der Waals surface area contributed by atoms with Crippen LogP contribution in [-0.2, 0) is 16.0 Å². The van der Waals surface area contributed by atoms with Crippen molar-refractivity contribution in [3.05, 3.63) is 23.8 Å². The fourth-order valence-corrected chi connectivity index (χ4v) is 2.34. The summed E-state index contributed by atoms with van der Waals surface area (Å²) in [5.74, 6) is 0.714. The topological polar surface area (TPSA) is 67.8 Å². The Labute approximate surface area is 111 Å². The number of hydrogen-bond donors (Lipinski definition) is 2. The number of carbonyl (C=O) groups is 1. The van der Waals surface area contributed by atoms with Crippen molar-refractivity contribution in [1.29, 1.82) is 0 Å². The number of amides is 1. The van der Waals surface area contributed by atoms with Crippen molar-refractivity contribution >= 4 is 11.6 Å². The van der Waals surface area contributed by atoms with E-state index >= 15 is 0 Å². The molecule has 0 aromatic heterocycles. The van der Waals surface area contributed by atoms with Crippen LogP contribution >= 0.6 is 0 Å². The van der Waals surface area contributed by atoms with Gasteiger partial charge in [0.15, 0.2) is 0 Å². The molecule has 1 fully saturated rings. The molecule has 2 N–H and O–H groups in total. The summed E-state index contributed by atoms with van der Waals surface area (Å²) in [6.45, 7) is 1.13. The van der Waals surface area contributed by atoms with Gasteiger partial charge >= 0.3 is 0 Å². The van der Waals surface area contributed by atoms with Crippen LogP contribution in [0.25, 0.3) is 0 Å². The summed E-state index contributed by atoms with van der Waals surface area (Å²) in [6, 6.07) is 5.65. The van der Waals surface area contributed by atoms with Crippen LogP contribution in [-0.4, -0.2) is 37.4 Å². The third kappa shape index (κ3) is 2.19. The van der Waals surface area contributed by atoms with Crippen LogP contribution in [0.5, 0.6) is 5.75 Å². The highest BCUT2D eigenvalue weighted by Crippen LogP contribution is 2.31. The molecule has 2 aliphatic heterocycles. The van der Waals surface area contributed by atoms with E-state index in [0.717, 1.165) is 36.4 Å². The van der Waals surface area contributed by atoms with Crippen LogP contribution in [0.4, 0.5) is 5.69 Å². The molecule has 2 aliphatic rings. The smallest absolute Gasteiger partial charge is 0.237 e. The number of nitrogens with one attached hydrogen (secondary N) is 1. The van der Waals surface area contributed by atoms with Gasteiger partial charge in [0.1, 0.15) is 11.2 Å². The molecule has 0 unspecified atom stereocenters. The van der Waals surface area contributed by atoms with Gasteiger partial charge in [-0.3, -0.25) is 4.79 Å². The van der Waals surface area contributed by atoms with Crippen LogP contribution in [0.2, 0.25) is 0 Å². The van der Waals surface area contributed by atoms with Crippen molar-refractivity contribution in [3.8, 4) is 5.75 Å². The largest absolute Gasteiger partial charge is 0.493 e. The highest BCUT2D eigenvalue weighted by molar-refractivity contribution is 5.96. The second kappa shape index (κ2) is 4.83. The number of benzene rings is 1. The Morgan fingerprint density at radius 3 is 2.95 bits per heavy atom. The van der Waals surface area contributed by atoms with Gasteiger partial charge in [-0.05, 0) is 36.6 Å². The first kappa shape index (κ1) is 12.4. The first-order chi connectivity index (χ1) is 9.23. The molecule has 5 nitrogen and oxygen atoms in total. The molecule has 0 atom stereocenters. The van der Waals surface area contributed by atoms with E-state index in [1.807, 2.05) is 18.2 Å². The van der Waals surface area contributed by atoms with E-state index in [4.69, 9.17) is 9.47 Å². The quantitative estimate of drug-likeness (QED) is 0.852. The average molecular weight is 263 g/mol. The Hall–Kier alpha value is -1.59. The minimum atomic E-state index is -0.771. The first-order valence-electron chi connectivity index (χ1n) is 6.49. The minimum Gasteiger partial charge on any atom is -0.493 e. The molecule has 19 heavy (non-hydrogen) atoms. The SMILES string of the molecule is O=C(Nc1ccc2c(c1)CCCO2)C1(CO)COC1. The van der Waals surface area contributed by atoms with Gasteiger partial charge in [0.2, 0.25) is 5.91 Å². The summed E-state index contributed by atoms with van der Waals surface area (Å²) in [5.41, 5.74) is 1.09. The van der Waals surface area contributed by atoms with Crippen LogP contribution < -0.4 is 10.1 Å². The van der Waals surface area contributed by atoms with Gasteiger partial charge in [-0.25, -0.2) is 0 Å². The van der Waals surface area contributed by atoms with Crippen molar-refractivity contribution in [2.24, 2.45) is 5.41 Å². The molecule has 0 spiro atoms. The summed E-state index contributed by atoms with van der Waals surface area (Å²) in [7, 11) is 0. The van der Waals surface area contributed by atoms with Crippen molar-refractivity contribution in [3.63, 3.8) is 0 Å². The Balaban J connectivity index is 1.74. The van der Waals surface area contributed by atoms with E-state index in [2.05, 4.69) is 5.32 Å². The lowest BCUT2D eigenvalue weighted by molar-refractivity contribution is -0.164. The molecule has 0 saturated carbocycles. The molecule has 1 amide bonds. The third-order valence-electron chi connectivity index (χ3n) is 3.71. The molecular weight excluding hydrogens is 246 g/mol. The van der Waals surface area contributed by atoms with Crippen molar-refractivity contribution < 1.29 is 19.4 Å². The Morgan fingerprint density at radius 1 is 1.42 bits per heavy atom. The lowest BCUT2D eigenvalue weighted by atomic mass is 9.86. The number of carbonyl (C=O) groups excluding carboxylic acids is 1. The second-order valence-corrected chi connectivity index (χ2v) is 5.16. The molecule has 1 aromatic carbocycles. The first-order valence-corrected chi connectivity index (χ1v) is 6.49. The summed E-state index contributed by atoms with van der Waals surface area (Å²) in [4.78, 5) is 12.1. The van der Waals surface area contributed by atoms with Crippen LogP contribution in [0.15, 0.2) is 18.2 Å². The maximum atomic E-state index is 12.1. The van der Waals surface area contributed by atoms with E-state index in [9.17, 15) is 9.90 Å². The van der Waals surface area contributed by atoms with E-state index in [1.54, 1.807) is 0 Å². The predicted octanol–water partition coefficient (Wildman–Crippen LogP) is 0.959. The predicted molar refractivity (Wildman–Crippen MR) is 69.2 cm³/mol. The molecule has 3 rings (SSSR count). The standard InChI is InChI=1S/C14H17NO4/c16-7-14(8-18-9-14)13(17)15-11-3-4-12-10(6-11)2-1-5-19-12/h3-4,6,16H,1-2,5,7-9H2,(H,15,17). The zero-order valence-corrected chi connectivity index (χ0v) is 10.6. The summed E-state index contributed by atoms with van der Waals surface area (Å²) in [5, 5.41) is 12.2. The van der Waals surface area contributed by atoms with Crippen LogP contribution in [0.3, 0.4) is 0 Å². The van der Waals surface area contributed by atoms with Crippen LogP contribution in [0.1, 0.15) is 12.0 Å². The molecule has 0 radical (unpaired) electrons. The average Bonchev–Trinajstić information content (AvgIpc) is 2.38. The molecule has 0 aliphatic carbocycles. The van der Waals surface area contributed by atoms with Crippen LogP contribution in [0, 0.1) is 5.41 Å².